The lowest BCUT2D eigenvalue weighted by Gasteiger charge is -2.28. The number of hydrogen-bond donors (Lipinski definition) is 2. The van der Waals surface area contributed by atoms with Crippen LogP contribution in [0.4, 0.5) is 5.69 Å². The standard InChI is InChI=1S/C15H19N3/c16-11-6-8-12(9-7-11)18-15-5-1-4-14-13(15)3-2-10-17-14/h1-5,10-12,18H,6-9,16H2. The molecular formula is C15H19N3. The second-order valence-electron chi connectivity index (χ2n) is 5.13. The minimum Gasteiger partial charge on any atom is -0.382 e. The average Bonchev–Trinajstić information content (AvgIpc) is 2.42. The van der Waals surface area contributed by atoms with Gasteiger partial charge in [-0.3, -0.25) is 4.98 Å². The van der Waals surface area contributed by atoms with E-state index >= 15 is 0 Å². The number of nitrogens with one attached hydrogen (secondary N) is 1. The van der Waals surface area contributed by atoms with Gasteiger partial charge in [0.15, 0.2) is 0 Å². The van der Waals surface area contributed by atoms with Gasteiger partial charge in [-0.2, -0.15) is 0 Å². The van der Waals surface area contributed by atoms with Gasteiger partial charge in [0.2, 0.25) is 0 Å². The van der Waals surface area contributed by atoms with E-state index in [0.29, 0.717) is 12.1 Å². The molecule has 0 saturated heterocycles. The Kier molecular flexibility index (Phi) is 3.15. The highest BCUT2D eigenvalue weighted by Crippen LogP contribution is 2.26. The maximum absolute atomic E-state index is 5.94. The second-order valence-corrected chi connectivity index (χ2v) is 5.13. The third kappa shape index (κ3) is 2.31. The number of rotatable bonds is 2. The first-order chi connectivity index (χ1) is 8.83. The summed E-state index contributed by atoms with van der Waals surface area (Å²) in [6, 6.07) is 11.3. The molecule has 3 heteroatoms. The van der Waals surface area contributed by atoms with Crippen molar-refractivity contribution in [1.29, 1.82) is 0 Å². The van der Waals surface area contributed by atoms with Crippen LogP contribution in [0, 0.1) is 0 Å². The molecule has 2 aromatic rings. The van der Waals surface area contributed by atoms with Crippen LogP contribution in [-0.2, 0) is 0 Å². The van der Waals surface area contributed by atoms with Gasteiger partial charge >= 0.3 is 0 Å². The minimum absolute atomic E-state index is 0.400. The van der Waals surface area contributed by atoms with Gasteiger partial charge in [0.25, 0.3) is 0 Å². The fourth-order valence-corrected chi connectivity index (χ4v) is 2.71. The summed E-state index contributed by atoms with van der Waals surface area (Å²) in [5, 5.41) is 4.85. The predicted molar refractivity (Wildman–Crippen MR) is 75.6 cm³/mol. The summed E-state index contributed by atoms with van der Waals surface area (Å²) < 4.78 is 0. The lowest BCUT2D eigenvalue weighted by atomic mass is 9.91. The maximum atomic E-state index is 5.94. The molecule has 1 aromatic heterocycles. The van der Waals surface area contributed by atoms with Crippen LogP contribution >= 0.6 is 0 Å². The Morgan fingerprint density at radius 1 is 1.06 bits per heavy atom. The molecular weight excluding hydrogens is 222 g/mol. The van der Waals surface area contributed by atoms with Gasteiger partial charge in [0.05, 0.1) is 5.52 Å². The van der Waals surface area contributed by atoms with Crippen LogP contribution in [0.3, 0.4) is 0 Å². The number of nitrogens with zero attached hydrogens (tertiary/aromatic N) is 1. The summed E-state index contributed by atoms with van der Waals surface area (Å²) in [5.74, 6) is 0. The highest BCUT2D eigenvalue weighted by molar-refractivity contribution is 5.91. The first-order valence-electron chi connectivity index (χ1n) is 6.69. The number of aromatic nitrogens is 1. The van der Waals surface area contributed by atoms with Crippen molar-refractivity contribution < 1.29 is 0 Å². The number of fused-ring (bicyclic) bond motifs is 1. The zero-order valence-electron chi connectivity index (χ0n) is 10.5. The highest BCUT2D eigenvalue weighted by atomic mass is 14.9. The zero-order valence-corrected chi connectivity index (χ0v) is 10.5. The van der Waals surface area contributed by atoms with Crippen molar-refractivity contribution in [1.82, 2.24) is 4.98 Å². The third-order valence-electron chi connectivity index (χ3n) is 3.78. The van der Waals surface area contributed by atoms with E-state index in [0.717, 1.165) is 31.2 Å². The minimum atomic E-state index is 0.400. The molecule has 94 valence electrons. The molecule has 0 atom stereocenters. The smallest absolute Gasteiger partial charge is 0.0722 e. The summed E-state index contributed by atoms with van der Waals surface area (Å²) in [7, 11) is 0. The van der Waals surface area contributed by atoms with Gasteiger partial charge in [-0.25, -0.2) is 0 Å². The molecule has 0 amide bonds. The quantitative estimate of drug-likeness (QED) is 0.850. The number of hydrogen-bond acceptors (Lipinski definition) is 3. The fourth-order valence-electron chi connectivity index (χ4n) is 2.71. The first kappa shape index (κ1) is 11.5. The molecule has 1 aliphatic rings. The Morgan fingerprint density at radius 2 is 1.89 bits per heavy atom. The lowest BCUT2D eigenvalue weighted by Crippen LogP contribution is -2.32. The van der Waals surface area contributed by atoms with Gasteiger partial charge in [-0.1, -0.05) is 6.07 Å². The molecule has 3 nitrogen and oxygen atoms in total. The van der Waals surface area contributed by atoms with E-state index in [2.05, 4.69) is 34.6 Å². The lowest BCUT2D eigenvalue weighted by molar-refractivity contribution is 0.411. The van der Waals surface area contributed by atoms with Crippen molar-refractivity contribution in [3.8, 4) is 0 Å². The van der Waals surface area contributed by atoms with Crippen LogP contribution in [0.1, 0.15) is 25.7 Å². The van der Waals surface area contributed by atoms with E-state index in [1.165, 1.54) is 11.1 Å². The van der Waals surface area contributed by atoms with Crippen molar-refractivity contribution in [2.45, 2.75) is 37.8 Å². The highest BCUT2D eigenvalue weighted by Gasteiger charge is 2.18. The molecule has 1 heterocycles. The van der Waals surface area contributed by atoms with Crippen molar-refractivity contribution in [2.24, 2.45) is 5.73 Å². The van der Waals surface area contributed by atoms with Crippen molar-refractivity contribution in [3.05, 3.63) is 36.5 Å². The normalized spacial score (nSPS) is 24.1. The largest absolute Gasteiger partial charge is 0.382 e. The summed E-state index contributed by atoms with van der Waals surface area (Å²) in [5.41, 5.74) is 8.19. The number of anilines is 1. The Hall–Kier alpha value is -1.61. The molecule has 1 aromatic carbocycles. The van der Waals surface area contributed by atoms with E-state index in [9.17, 15) is 0 Å². The molecule has 18 heavy (non-hydrogen) atoms. The topological polar surface area (TPSA) is 50.9 Å². The molecule has 0 spiro atoms. The van der Waals surface area contributed by atoms with E-state index in [-0.39, 0.29) is 0 Å². The van der Waals surface area contributed by atoms with E-state index in [4.69, 9.17) is 5.73 Å². The number of benzene rings is 1. The molecule has 1 aliphatic carbocycles. The molecule has 0 aliphatic heterocycles. The molecule has 0 unspecified atom stereocenters. The first-order valence-corrected chi connectivity index (χ1v) is 6.69. The number of nitrogens with two attached hydrogens (primary N) is 1. The Bertz CT molecular complexity index is 525. The maximum Gasteiger partial charge on any atom is 0.0722 e. The summed E-state index contributed by atoms with van der Waals surface area (Å²) in [6.45, 7) is 0. The Balaban J connectivity index is 1.82. The Morgan fingerprint density at radius 3 is 2.72 bits per heavy atom. The van der Waals surface area contributed by atoms with Gasteiger partial charge < -0.3 is 11.1 Å². The SMILES string of the molecule is NC1CCC(Nc2cccc3ncccc23)CC1. The fraction of sp³-hybridized carbons (Fsp3) is 0.400. The second kappa shape index (κ2) is 4.94. The summed E-state index contributed by atoms with van der Waals surface area (Å²) >= 11 is 0. The third-order valence-corrected chi connectivity index (χ3v) is 3.78. The van der Waals surface area contributed by atoms with E-state index in [1.54, 1.807) is 0 Å². The zero-order chi connectivity index (χ0) is 12.4. The molecule has 0 bridgehead atoms. The summed E-state index contributed by atoms with van der Waals surface area (Å²) in [4.78, 5) is 4.39. The summed E-state index contributed by atoms with van der Waals surface area (Å²) in [6.07, 6.45) is 6.42. The van der Waals surface area contributed by atoms with Gasteiger partial charge in [0.1, 0.15) is 0 Å². The molecule has 1 saturated carbocycles. The average molecular weight is 241 g/mol. The van der Waals surface area contributed by atoms with E-state index < -0.39 is 0 Å². The van der Waals surface area contributed by atoms with Crippen LogP contribution in [-0.4, -0.2) is 17.1 Å². The van der Waals surface area contributed by atoms with Crippen LogP contribution < -0.4 is 11.1 Å². The van der Waals surface area contributed by atoms with Crippen LogP contribution in [0.25, 0.3) is 10.9 Å². The van der Waals surface area contributed by atoms with E-state index in [1.807, 2.05) is 12.3 Å². The van der Waals surface area contributed by atoms with Crippen molar-refractivity contribution in [3.63, 3.8) is 0 Å². The van der Waals surface area contributed by atoms with Gasteiger partial charge in [-0.15, -0.1) is 0 Å². The van der Waals surface area contributed by atoms with Crippen LogP contribution in [0.5, 0.6) is 0 Å². The molecule has 0 radical (unpaired) electrons. The number of pyridine rings is 1. The molecule has 3 rings (SSSR count). The van der Waals surface area contributed by atoms with Crippen LogP contribution in [0.2, 0.25) is 0 Å². The van der Waals surface area contributed by atoms with Crippen molar-refractivity contribution in [2.75, 3.05) is 5.32 Å². The monoisotopic (exact) mass is 241 g/mol. The predicted octanol–water partition coefficient (Wildman–Crippen LogP) is 2.92. The molecule has 3 N–H and O–H groups in total. The Labute approximate surface area is 107 Å². The van der Waals surface area contributed by atoms with Crippen molar-refractivity contribution >= 4 is 16.6 Å². The molecule has 1 fully saturated rings. The van der Waals surface area contributed by atoms with Crippen LogP contribution in [0.15, 0.2) is 36.5 Å². The van der Waals surface area contributed by atoms with Gasteiger partial charge in [0, 0.05) is 29.4 Å². The van der Waals surface area contributed by atoms with Gasteiger partial charge in [-0.05, 0) is 49.9 Å².